The summed E-state index contributed by atoms with van der Waals surface area (Å²) in [5, 5.41) is 0. The largest absolute Gasteiger partial charge is 0.456 e. The molecule has 3 atom stereocenters. The summed E-state index contributed by atoms with van der Waals surface area (Å²) in [7, 11) is 0. The van der Waals surface area contributed by atoms with Crippen LogP contribution in [0.2, 0.25) is 0 Å². The van der Waals surface area contributed by atoms with E-state index in [0.29, 0.717) is 23.3 Å². The van der Waals surface area contributed by atoms with Crippen molar-refractivity contribution in [2.75, 3.05) is 0 Å². The Kier molecular flexibility index (Phi) is 5.16. The first-order valence-electron chi connectivity index (χ1n) is 7.79. The Balaban J connectivity index is 2.04. The second-order valence-corrected chi connectivity index (χ2v) is 6.47. The van der Waals surface area contributed by atoms with Crippen molar-refractivity contribution in [3.05, 3.63) is 35.9 Å². The number of hydrogen-bond donors (Lipinski definition) is 0. The molecular formula is C18H24O3. The first kappa shape index (κ1) is 15.7. The van der Waals surface area contributed by atoms with Gasteiger partial charge in [-0.25, -0.2) is 4.79 Å². The van der Waals surface area contributed by atoms with Gasteiger partial charge in [-0.15, -0.1) is 0 Å². The Morgan fingerprint density at radius 1 is 1.14 bits per heavy atom. The van der Waals surface area contributed by atoms with E-state index >= 15 is 0 Å². The van der Waals surface area contributed by atoms with Crippen LogP contribution in [0.5, 0.6) is 0 Å². The van der Waals surface area contributed by atoms with Crippen molar-refractivity contribution in [3.63, 3.8) is 0 Å². The van der Waals surface area contributed by atoms with Gasteiger partial charge in [-0.05, 0) is 30.6 Å². The van der Waals surface area contributed by atoms with Crippen molar-refractivity contribution in [2.24, 2.45) is 17.8 Å². The zero-order valence-corrected chi connectivity index (χ0v) is 13.0. The zero-order valence-electron chi connectivity index (χ0n) is 13.0. The molecule has 0 unspecified atom stereocenters. The van der Waals surface area contributed by atoms with E-state index in [1.54, 1.807) is 24.3 Å². The molecule has 0 aromatic heterocycles. The fourth-order valence-electron chi connectivity index (χ4n) is 3.15. The molecule has 1 aliphatic rings. The summed E-state index contributed by atoms with van der Waals surface area (Å²) in [6, 6.07) is 8.61. The third kappa shape index (κ3) is 3.93. The molecule has 3 heteroatoms. The average molecular weight is 288 g/mol. The quantitative estimate of drug-likeness (QED) is 0.480. The second kappa shape index (κ2) is 6.88. The molecule has 21 heavy (non-hydrogen) atoms. The van der Waals surface area contributed by atoms with Gasteiger partial charge in [0.25, 0.3) is 5.78 Å². The van der Waals surface area contributed by atoms with E-state index in [4.69, 9.17) is 4.74 Å². The molecule has 1 aromatic carbocycles. The first-order valence-corrected chi connectivity index (χ1v) is 7.79. The Morgan fingerprint density at radius 3 is 2.43 bits per heavy atom. The lowest BCUT2D eigenvalue weighted by Crippen LogP contribution is -2.37. The maximum atomic E-state index is 12.1. The van der Waals surface area contributed by atoms with Gasteiger partial charge in [0.05, 0.1) is 0 Å². The number of esters is 1. The smallest absolute Gasteiger partial charge is 0.379 e. The number of ketones is 1. The van der Waals surface area contributed by atoms with Crippen molar-refractivity contribution in [3.8, 4) is 0 Å². The van der Waals surface area contributed by atoms with Crippen LogP contribution in [0.15, 0.2) is 30.3 Å². The van der Waals surface area contributed by atoms with Crippen LogP contribution in [0, 0.1) is 17.8 Å². The predicted octanol–water partition coefficient (Wildman–Crippen LogP) is 3.87. The molecule has 1 aromatic rings. The van der Waals surface area contributed by atoms with Gasteiger partial charge in [0.2, 0.25) is 0 Å². The molecule has 0 spiro atoms. The summed E-state index contributed by atoms with van der Waals surface area (Å²) in [5.74, 6) is 0.0998. The highest BCUT2D eigenvalue weighted by atomic mass is 16.5. The lowest BCUT2D eigenvalue weighted by atomic mass is 9.75. The van der Waals surface area contributed by atoms with Gasteiger partial charge < -0.3 is 4.74 Å². The van der Waals surface area contributed by atoms with Crippen LogP contribution in [0.1, 0.15) is 50.4 Å². The van der Waals surface area contributed by atoms with Crippen LogP contribution in [-0.4, -0.2) is 17.9 Å². The van der Waals surface area contributed by atoms with Crippen LogP contribution in [0.4, 0.5) is 0 Å². The van der Waals surface area contributed by atoms with Gasteiger partial charge in [-0.3, -0.25) is 4.79 Å². The van der Waals surface area contributed by atoms with Gasteiger partial charge in [0, 0.05) is 5.56 Å². The SMILES string of the molecule is CC(C)[C@@H]1CC[C@@H](C)C[C@H]1OC(=O)C(=O)c1ccccc1. The number of carbonyl (C=O) groups excluding carboxylic acids is 2. The van der Waals surface area contributed by atoms with Crippen molar-refractivity contribution >= 4 is 11.8 Å². The van der Waals surface area contributed by atoms with Crippen molar-refractivity contribution in [2.45, 2.75) is 46.1 Å². The van der Waals surface area contributed by atoms with Gasteiger partial charge in [-0.1, -0.05) is 57.5 Å². The minimum Gasteiger partial charge on any atom is -0.456 e. The summed E-state index contributed by atoms with van der Waals surface area (Å²) in [6.45, 7) is 6.48. The van der Waals surface area contributed by atoms with E-state index < -0.39 is 11.8 Å². The van der Waals surface area contributed by atoms with Crippen LogP contribution in [0.25, 0.3) is 0 Å². The molecule has 1 aliphatic carbocycles. The van der Waals surface area contributed by atoms with Crippen LogP contribution < -0.4 is 0 Å². The molecule has 0 heterocycles. The Morgan fingerprint density at radius 2 is 1.81 bits per heavy atom. The van der Waals surface area contributed by atoms with E-state index in [2.05, 4.69) is 20.8 Å². The molecule has 0 bridgehead atoms. The maximum Gasteiger partial charge on any atom is 0.379 e. The lowest BCUT2D eigenvalue weighted by Gasteiger charge is -2.36. The third-order valence-electron chi connectivity index (χ3n) is 4.44. The number of rotatable bonds is 4. The summed E-state index contributed by atoms with van der Waals surface area (Å²) in [6.07, 6.45) is 2.96. The Labute approximate surface area is 126 Å². The molecule has 1 saturated carbocycles. The molecular weight excluding hydrogens is 264 g/mol. The number of ether oxygens (including phenoxy) is 1. The van der Waals surface area contributed by atoms with Crippen LogP contribution in [0.3, 0.4) is 0 Å². The minimum absolute atomic E-state index is 0.131. The molecule has 0 aliphatic heterocycles. The van der Waals surface area contributed by atoms with Gasteiger partial charge >= 0.3 is 5.97 Å². The average Bonchev–Trinajstić information content (AvgIpc) is 2.47. The standard InChI is InChI=1S/C18H24O3/c1-12(2)15-10-9-13(3)11-16(15)21-18(20)17(19)14-7-5-4-6-8-14/h4-8,12-13,15-16H,9-11H2,1-3H3/t13-,15+,16-/m1/s1. The van der Waals surface area contributed by atoms with Crippen molar-refractivity contribution in [1.82, 2.24) is 0 Å². The van der Waals surface area contributed by atoms with Gasteiger partial charge in [0.15, 0.2) is 0 Å². The van der Waals surface area contributed by atoms with Gasteiger partial charge in [0.1, 0.15) is 6.10 Å². The molecule has 0 radical (unpaired) electrons. The van der Waals surface area contributed by atoms with Crippen LogP contribution >= 0.6 is 0 Å². The Hall–Kier alpha value is -1.64. The highest BCUT2D eigenvalue weighted by Gasteiger charge is 2.34. The molecule has 2 rings (SSSR count). The molecule has 0 saturated heterocycles. The summed E-state index contributed by atoms with van der Waals surface area (Å²) in [5.41, 5.74) is 0.396. The fourth-order valence-corrected chi connectivity index (χ4v) is 3.15. The number of Topliss-reactive ketones (excluding diaryl/α,β-unsaturated/α-hetero) is 1. The zero-order chi connectivity index (χ0) is 15.4. The fraction of sp³-hybridized carbons (Fsp3) is 0.556. The normalized spacial score (nSPS) is 25.6. The number of carbonyl (C=O) groups is 2. The molecule has 114 valence electrons. The second-order valence-electron chi connectivity index (χ2n) is 6.47. The first-order chi connectivity index (χ1) is 9.99. The van der Waals surface area contributed by atoms with E-state index in [9.17, 15) is 9.59 Å². The van der Waals surface area contributed by atoms with Crippen molar-refractivity contribution in [1.29, 1.82) is 0 Å². The lowest BCUT2D eigenvalue weighted by molar-refractivity contribution is -0.149. The topological polar surface area (TPSA) is 43.4 Å². The third-order valence-corrected chi connectivity index (χ3v) is 4.44. The summed E-state index contributed by atoms with van der Waals surface area (Å²) >= 11 is 0. The summed E-state index contributed by atoms with van der Waals surface area (Å²) in [4.78, 5) is 24.2. The highest BCUT2D eigenvalue weighted by Crippen LogP contribution is 2.35. The number of benzene rings is 1. The predicted molar refractivity (Wildman–Crippen MR) is 82.0 cm³/mol. The summed E-state index contributed by atoms with van der Waals surface area (Å²) < 4.78 is 5.56. The molecule has 1 fully saturated rings. The monoisotopic (exact) mass is 288 g/mol. The Bertz CT molecular complexity index is 492. The molecule has 0 amide bonds. The van der Waals surface area contributed by atoms with E-state index in [0.717, 1.165) is 12.8 Å². The van der Waals surface area contributed by atoms with Gasteiger partial charge in [-0.2, -0.15) is 0 Å². The number of hydrogen-bond acceptors (Lipinski definition) is 3. The van der Waals surface area contributed by atoms with E-state index in [1.165, 1.54) is 6.42 Å². The van der Waals surface area contributed by atoms with Crippen LogP contribution in [-0.2, 0) is 9.53 Å². The minimum atomic E-state index is -0.717. The van der Waals surface area contributed by atoms with Crippen molar-refractivity contribution < 1.29 is 14.3 Å². The molecule has 3 nitrogen and oxygen atoms in total. The highest BCUT2D eigenvalue weighted by molar-refractivity contribution is 6.40. The van der Waals surface area contributed by atoms with E-state index in [-0.39, 0.29) is 6.10 Å². The maximum absolute atomic E-state index is 12.1. The van der Waals surface area contributed by atoms with E-state index in [1.807, 2.05) is 6.07 Å². The molecule has 0 N–H and O–H groups in total.